The Morgan fingerprint density at radius 3 is 2.25 bits per heavy atom. The molecular weight excluding hydrogens is 200 g/mol. The normalized spacial score (nSPS) is 12.4. The molecule has 5 N–H and O–H groups in total. The van der Waals surface area contributed by atoms with Gasteiger partial charge in [0.05, 0.1) is 0 Å². The third-order valence-electron chi connectivity index (χ3n) is 2.52. The second-order valence-electron chi connectivity index (χ2n) is 3.62. The van der Waals surface area contributed by atoms with Crippen LogP contribution in [0.1, 0.15) is 11.8 Å². The molecule has 2 aromatic carbocycles. The molecule has 3 heteroatoms. The third-order valence-corrected chi connectivity index (χ3v) is 2.52. The van der Waals surface area contributed by atoms with E-state index in [0.717, 1.165) is 11.1 Å². The predicted molar refractivity (Wildman–Crippen MR) is 65.4 cm³/mol. The minimum Gasteiger partial charge on any atom is -0.398 e. The fraction of sp³-hybridized carbons (Fsp3) is 0.0769. The van der Waals surface area contributed by atoms with Gasteiger partial charge < -0.3 is 16.6 Å². The van der Waals surface area contributed by atoms with Gasteiger partial charge in [-0.05, 0) is 17.2 Å². The summed E-state index contributed by atoms with van der Waals surface area (Å²) in [4.78, 5) is 0. The Balaban J connectivity index is 2.61. The Labute approximate surface area is 94.3 Å². The van der Waals surface area contributed by atoms with Crippen LogP contribution in [-0.2, 0) is 0 Å². The molecule has 0 aliphatic rings. The maximum atomic E-state index is 9.54. The second kappa shape index (κ2) is 4.35. The lowest BCUT2D eigenvalue weighted by atomic mass is 9.97. The van der Waals surface area contributed by atoms with Crippen LogP contribution in [0.5, 0.6) is 0 Å². The lowest BCUT2D eigenvalue weighted by Gasteiger charge is -2.14. The van der Waals surface area contributed by atoms with Gasteiger partial charge in [-0.2, -0.15) is 0 Å². The van der Waals surface area contributed by atoms with Gasteiger partial charge in [0.15, 0.2) is 0 Å². The lowest BCUT2D eigenvalue weighted by molar-refractivity contribution is 0.187. The molecule has 2 aromatic rings. The summed E-state index contributed by atoms with van der Waals surface area (Å²) in [5.41, 5.74) is 14.3. The lowest BCUT2D eigenvalue weighted by Crippen LogP contribution is -2.12. The number of benzene rings is 2. The van der Waals surface area contributed by atoms with Crippen LogP contribution in [0, 0.1) is 0 Å². The summed E-state index contributed by atoms with van der Waals surface area (Å²) in [7, 11) is 0. The van der Waals surface area contributed by atoms with Gasteiger partial charge in [-0.3, -0.25) is 0 Å². The molecule has 1 atom stereocenters. The van der Waals surface area contributed by atoms with Crippen LogP contribution in [0.4, 0.5) is 5.69 Å². The highest BCUT2D eigenvalue weighted by Crippen LogP contribution is 2.30. The van der Waals surface area contributed by atoms with Crippen molar-refractivity contribution in [1.29, 1.82) is 0 Å². The van der Waals surface area contributed by atoms with E-state index in [0.29, 0.717) is 11.3 Å². The van der Waals surface area contributed by atoms with Gasteiger partial charge in [-0.15, -0.1) is 0 Å². The molecule has 0 radical (unpaired) electrons. The van der Waals surface area contributed by atoms with Crippen LogP contribution in [0.2, 0.25) is 0 Å². The largest absolute Gasteiger partial charge is 0.398 e. The number of hydrogen-bond acceptors (Lipinski definition) is 3. The molecule has 0 amide bonds. The highest BCUT2D eigenvalue weighted by Gasteiger charge is 2.12. The Kier molecular flexibility index (Phi) is 2.90. The molecule has 0 heterocycles. The zero-order valence-corrected chi connectivity index (χ0v) is 8.80. The molecule has 3 nitrogen and oxygen atoms in total. The number of aliphatic hydroxyl groups is 1. The predicted octanol–water partition coefficient (Wildman–Crippen LogP) is 1.89. The Bertz CT molecular complexity index is 481. The van der Waals surface area contributed by atoms with E-state index in [4.69, 9.17) is 11.5 Å². The summed E-state index contributed by atoms with van der Waals surface area (Å²) < 4.78 is 0. The molecule has 0 saturated heterocycles. The van der Waals surface area contributed by atoms with Crippen LogP contribution in [0.15, 0.2) is 48.5 Å². The minimum absolute atomic E-state index is 0.511. The molecule has 0 aliphatic heterocycles. The SMILES string of the molecule is Nc1cccc(-c2ccccc2)c1C(N)O. The highest BCUT2D eigenvalue weighted by atomic mass is 16.3. The summed E-state index contributed by atoms with van der Waals surface area (Å²) in [6, 6.07) is 15.2. The van der Waals surface area contributed by atoms with Crippen molar-refractivity contribution in [3.8, 4) is 11.1 Å². The summed E-state index contributed by atoms with van der Waals surface area (Å²) >= 11 is 0. The van der Waals surface area contributed by atoms with Crippen molar-refractivity contribution in [1.82, 2.24) is 0 Å². The Morgan fingerprint density at radius 1 is 0.938 bits per heavy atom. The number of nitrogens with two attached hydrogens (primary N) is 2. The fourth-order valence-electron chi connectivity index (χ4n) is 1.78. The average Bonchev–Trinajstić information content (AvgIpc) is 2.29. The van der Waals surface area contributed by atoms with Gasteiger partial charge in [-0.25, -0.2) is 0 Å². The Hall–Kier alpha value is -1.84. The summed E-state index contributed by atoms with van der Waals surface area (Å²) in [5.74, 6) is 0. The molecule has 1 unspecified atom stereocenters. The van der Waals surface area contributed by atoms with Gasteiger partial charge in [0.2, 0.25) is 0 Å². The van der Waals surface area contributed by atoms with Crippen molar-refractivity contribution >= 4 is 5.69 Å². The van der Waals surface area contributed by atoms with E-state index >= 15 is 0 Å². The van der Waals surface area contributed by atoms with Gasteiger partial charge >= 0.3 is 0 Å². The highest BCUT2D eigenvalue weighted by molar-refractivity contribution is 5.73. The first-order valence-corrected chi connectivity index (χ1v) is 5.07. The van der Waals surface area contributed by atoms with E-state index < -0.39 is 6.23 Å². The standard InChI is InChI=1S/C13H14N2O/c14-11-8-4-7-10(12(11)13(15)16)9-5-2-1-3-6-9/h1-8,13,16H,14-15H2. The van der Waals surface area contributed by atoms with Crippen molar-refractivity contribution in [2.24, 2.45) is 5.73 Å². The van der Waals surface area contributed by atoms with Crippen molar-refractivity contribution in [2.75, 3.05) is 5.73 Å². The summed E-state index contributed by atoms with van der Waals surface area (Å²) in [6.07, 6.45) is -1.06. The van der Waals surface area contributed by atoms with E-state index in [1.807, 2.05) is 42.5 Å². The third kappa shape index (κ3) is 1.91. The molecule has 0 spiro atoms. The zero-order valence-electron chi connectivity index (χ0n) is 8.80. The molecule has 82 valence electrons. The quantitative estimate of drug-likeness (QED) is 0.528. The number of aliphatic hydroxyl groups excluding tert-OH is 1. The van der Waals surface area contributed by atoms with Crippen LogP contribution in [0.25, 0.3) is 11.1 Å². The summed E-state index contributed by atoms with van der Waals surface area (Å²) in [5, 5.41) is 9.54. The molecule has 2 rings (SSSR count). The van der Waals surface area contributed by atoms with E-state index in [9.17, 15) is 5.11 Å². The minimum atomic E-state index is -1.06. The van der Waals surface area contributed by atoms with E-state index in [1.54, 1.807) is 6.07 Å². The van der Waals surface area contributed by atoms with Gasteiger partial charge in [0, 0.05) is 11.3 Å². The maximum Gasteiger partial charge on any atom is 0.131 e. The smallest absolute Gasteiger partial charge is 0.131 e. The second-order valence-corrected chi connectivity index (χ2v) is 3.62. The van der Waals surface area contributed by atoms with E-state index in [-0.39, 0.29) is 0 Å². The van der Waals surface area contributed by atoms with Crippen LogP contribution in [-0.4, -0.2) is 5.11 Å². The van der Waals surface area contributed by atoms with Gasteiger partial charge in [0.1, 0.15) is 6.23 Å². The first kappa shape index (κ1) is 10.7. The van der Waals surface area contributed by atoms with Gasteiger partial charge in [0.25, 0.3) is 0 Å². The maximum absolute atomic E-state index is 9.54. The van der Waals surface area contributed by atoms with Crippen LogP contribution < -0.4 is 11.5 Å². The topological polar surface area (TPSA) is 72.3 Å². The van der Waals surface area contributed by atoms with Crippen molar-refractivity contribution in [2.45, 2.75) is 6.23 Å². The van der Waals surface area contributed by atoms with Crippen molar-refractivity contribution in [3.05, 3.63) is 54.1 Å². The number of nitrogen functional groups attached to an aromatic ring is 1. The average molecular weight is 214 g/mol. The summed E-state index contributed by atoms with van der Waals surface area (Å²) in [6.45, 7) is 0. The monoisotopic (exact) mass is 214 g/mol. The van der Waals surface area contributed by atoms with Gasteiger partial charge in [-0.1, -0.05) is 42.5 Å². The van der Waals surface area contributed by atoms with Crippen LogP contribution in [0.3, 0.4) is 0 Å². The van der Waals surface area contributed by atoms with Crippen LogP contribution >= 0.6 is 0 Å². The van der Waals surface area contributed by atoms with E-state index in [2.05, 4.69) is 0 Å². The zero-order chi connectivity index (χ0) is 11.5. The molecule has 0 saturated carbocycles. The van der Waals surface area contributed by atoms with E-state index in [1.165, 1.54) is 0 Å². The first-order valence-electron chi connectivity index (χ1n) is 5.07. The molecule has 16 heavy (non-hydrogen) atoms. The Morgan fingerprint density at radius 2 is 1.62 bits per heavy atom. The number of anilines is 1. The number of rotatable bonds is 2. The van der Waals surface area contributed by atoms with Crippen molar-refractivity contribution < 1.29 is 5.11 Å². The molecule has 0 fully saturated rings. The molecule has 0 bridgehead atoms. The van der Waals surface area contributed by atoms with Crippen molar-refractivity contribution in [3.63, 3.8) is 0 Å². The number of hydrogen-bond donors (Lipinski definition) is 3. The fourth-order valence-corrected chi connectivity index (χ4v) is 1.78. The molecule has 0 aliphatic carbocycles. The molecule has 0 aromatic heterocycles. The molecular formula is C13H14N2O. The first-order chi connectivity index (χ1) is 7.70.